The number of methoxy groups -OCH3 is 1. The quantitative estimate of drug-likeness (QED) is 0.272. The number of ether oxygens (including phenoxy) is 1. The molecule has 1 aliphatic rings. The van der Waals surface area contributed by atoms with Gasteiger partial charge < -0.3 is 14.3 Å². The molecule has 2 heterocycles. The lowest BCUT2D eigenvalue weighted by molar-refractivity contribution is -0.132. The lowest BCUT2D eigenvalue weighted by Crippen LogP contribution is -2.29. The van der Waals surface area contributed by atoms with Gasteiger partial charge in [-0.05, 0) is 68.3 Å². The summed E-state index contributed by atoms with van der Waals surface area (Å²) in [6.07, 6.45) is 0. The van der Waals surface area contributed by atoms with E-state index in [4.69, 9.17) is 32.4 Å². The largest absolute Gasteiger partial charge is 0.507 e. The summed E-state index contributed by atoms with van der Waals surface area (Å²) < 4.78 is 11.2. The van der Waals surface area contributed by atoms with Crippen molar-refractivity contribution < 1.29 is 23.8 Å². The van der Waals surface area contributed by atoms with E-state index >= 15 is 0 Å². The minimum atomic E-state index is -0.997. The van der Waals surface area contributed by atoms with Gasteiger partial charge in [0, 0.05) is 10.7 Å². The Balaban J connectivity index is 2.00. The number of carbonyl (C=O) groups is 2. The van der Waals surface area contributed by atoms with Crippen molar-refractivity contribution in [3.05, 3.63) is 86.3 Å². The molecule has 6 nitrogen and oxygen atoms in total. The van der Waals surface area contributed by atoms with Crippen LogP contribution >= 0.6 is 23.2 Å². The molecule has 0 spiro atoms. The molecule has 4 rings (SSSR count). The van der Waals surface area contributed by atoms with Crippen LogP contribution in [-0.2, 0) is 9.59 Å². The fourth-order valence-electron chi connectivity index (χ4n) is 3.93. The van der Waals surface area contributed by atoms with E-state index in [9.17, 15) is 14.7 Å². The number of carbonyl (C=O) groups excluding carboxylic acids is 2. The third kappa shape index (κ3) is 3.90. The molecule has 3 aromatic rings. The van der Waals surface area contributed by atoms with Gasteiger partial charge in [0.2, 0.25) is 0 Å². The van der Waals surface area contributed by atoms with Crippen molar-refractivity contribution in [1.82, 2.24) is 0 Å². The van der Waals surface area contributed by atoms with Crippen LogP contribution in [0.3, 0.4) is 0 Å². The molecule has 1 unspecified atom stereocenters. The number of Topliss-reactive ketones (excluding diaryl/α,β-unsaturated/α-hetero) is 1. The molecule has 0 saturated carbocycles. The lowest BCUT2D eigenvalue weighted by Gasteiger charge is -2.24. The molecule has 1 atom stereocenters. The third-order valence-corrected chi connectivity index (χ3v) is 6.21. The van der Waals surface area contributed by atoms with Crippen molar-refractivity contribution in [1.29, 1.82) is 0 Å². The van der Waals surface area contributed by atoms with Gasteiger partial charge in [0.05, 0.1) is 23.3 Å². The Morgan fingerprint density at radius 1 is 1.03 bits per heavy atom. The van der Waals surface area contributed by atoms with Gasteiger partial charge in [-0.2, -0.15) is 0 Å². The summed E-state index contributed by atoms with van der Waals surface area (Å²) in [5.41, 5.74) is 2.45. The van der Waals surface area contributed by atoms with Crippen molar-refractivity contribution in [2.45, 2.75) is 26.8 Å². The van der Waals surface area contributed by atoms with E-state index in [1.165, 1.54) is 24.1 Å². The Kier molecular flexibility index (Phi) is 5.99. The molecule has 0 bridgehead atoms. The first-order valence-electron chi connectivity index (χ1n) is 10.1. The highest BCUT2D eigenvalue weighted by Crippen LogP contribution is 2.45. The topological polar surface area (TPSA) is 80.0 Å². The zero-order chi connectivity index (χ0) is 24.0. The fourth-order valence-corrected chi connectivity index (χ4v) is 4.50. The van der Waals surface area contributed by atoms with Crippen LogP contribution in [-0.4, -0.2) is 23.9 Å². The van der Waals surface area contributed by atoms with Gasteiger partial charge in [0.1, 0.15) is 29.1 Å². The minimum absolute atomic E-state index is 0.0985. The normalized spacial score (nSPS) is 17.6. The maximum absolute atomic E-state index is 13.3. The molecule has 0 aliphatic carbocycles. The number of anilines is 1. The maximum Gasteiger partial charge on any atom is 0.300 e. The second-order valence-electron chi connectivity index (χ2n) is 7.85. The predicted octanol–water partition coefficient (Wildman–Crippen LogP) is 6.15. The van der Waals surface area contributed by atoms with Gasteiger partial charge >= 0.3 is 0 Å². The Hall–Kier alpha value is -3.22. The van der Waals surface area contributed by atoms with E-state index in [0.717, 1.165) is 11.1 Å². The van der Waals surface area contributed by atoms with Crippen LogP contribution in [0.25, 0.3) is 5.76 Å². The number of aryl methyl sites for hydroxylation is 3. The van der Waals surface area contributed by atoms with E-state index in [1.807, 2.05) is 26.0 Å². The Bertz CT molecular complexity index is 1320. The number of furan rings is 1. The molecule has 1 saturated heterocycles. The van der Waals surface area contributed by atoms with E-state index < -0.39 is 23.5 Å². The molecule has 1 fully saturated rings. The van der Waals surface area contributed by atoms with Gasteiger partial charge in [-0.3, -0.25) is 14.5 Å². The molecule has 1 amide bonds. The molecule has 1 aliphatic heterocycles. The van der Waals surface area contributed by atoms with Gasteiger partial charge in [-0.1, -0.05) is 29.3 Å². The molecular formula is C25H21Cl2NO5. The second kappa shape index (κ2) is 8.61. The molecule has 1 N–H and O–H groups in total. The first kappa shape index (κ1) is 23.0. The van der Waals surface area contributed by atoms with E-state index in [2.05, 4.69) is 0 Å². The number of amides is 1. The van der Waals surface area contributed by atoms with Gasteiger partial charge in [-0.25, -0.2) is 0 Å². The molecule has 170 valence electrons. The minimum Gasteiger partial charge on any atom is -0.507 e. The Morgan fingerprint density at radius 3 is 2.36 bits per heavy atom. The average molecular weight is 486 g/mol. The number of hydrogen-bond acceptors (Lipinski definition) is 5. The van der Waals surface area contributed by atoms with Crippen molar-refractivity contribution in [3.63, 3.8) is 0 Å². The standard InChI is InChI=1S/C25H21Cl2NO5/c1-12-5-7-16(9-13(12)2)28-21(19-8-6-14(3)33-19)20(23(30)25(28)31)22(29)17-10-15(26)11-18(27)24(17)32-4/h5-11,21,29H,1-4H3/b22-20+. The molecule has 33 heavy (non-hydrogen) atoms. The fraction of sp³-hybridized carbons (Fsp3) is 0.200. The van der Waals surface area contributed by atoms with Crippen LogP contribution < -0.4 is 9.64 Å². The number of aliphatic hydroxyl groups is 1. The van der Waals surface area contributed by atoms with Gasteiger partial charge in [-0.15, -0.1) is 0 Å². The molecule has 2 aromatic carbocycles. The van der Waals surface area contributed by atoms with Crippen LogP contribution in [0.5, 0.6) is 5.75 Å². The number of nitrogens with zero attached hydrogens (tertiary/aromatic N) is 1. The Morgan fingerprint density at radius 2 is 1.76 bits per heavy atom. The first-order chi connectivity index (χ1) is 15.6. The van der Waals surface area contributed by atoms with Gasteiger partial charge in [0.15, 0.2) is 0 Å². The van der Waals surface area contributed by atoms with Crippen molar-refractivity contribution in [2.75, 3.05) is 12.0 Å². The molecule has 1 aromatic heterocycles. The number of rotatable bonds is 4. The average Bonchev–Trinajstić information content (AvgIpc) is 3.30. The molecular weight excluding hydrogens is 465 g/mol. The monoisotopic (exact) mass is 485 g/mol. The van der Waals surface area contributed by atoms with E-state index in [1.54, 1.807) is 25.1 Å². The zero-order valence-corrected chi connectivity index (χ0v) is 19.9. The number of aliphatic hydroxyl groups excluding tert-OH is 1. The summed E-state index contributed by atoms with van der Waals surface area (Å²) in [7, 11) is 1.38. The summed E-state index contributed by atoms with van der Waals surface area (Å²) in [4.78, 5) is 27.8. The van der Waals surface area contributed by atoms with Crippen molar-refractivity contribution >= 4 is 46.3 Å². The highest BCUT2D eigenvalue weighted by Gasteiger charge is 2.48. The van der Waals surface area contributed by atoms with E-state index in [-0.39, 0.29) is 26.9 Å². The first-order valence-corrected chi connectivity index (χ1v) is 10.9. The van der Waals surface area contributed by atoms with Crippen molar-refractivity contribution in [2.24, 2.45) is 0 Å². The maximum atomic E-state index is 13.3. The second-order valence-corrected chi connectivity index (χ2v) is 8.70. The van der Waals surface area contributed by atoms with Gasteiger partial charge in [0.25, 0.3) is 11.7 Å². The van der Waals surface area contributed by atoms with Crippen LogP contribution in [0.2, 0.25) is 10.0 Å². The lowest BCUT2D eigenvalue weighted by atomic mass is 9.98. The molecule has 0 radical (unpaired) electrons. The number of ketones is 1. The van der Waals surface area contributed by atoms with Crippen LogP contribution in [0.1, 0.15) is 34.3 Å². The Labute approximate surface area is 201 Å². The molecule has 8 heteroatoms. The zero-order valence-electron chi connectivity index (χ0n) is 18.4. The number of hydrogen-bond donors (Lipinski definition) is 1. The highest BCUT2D eigenvalue weighted by atomic mass is 35.5. The number of benzene rings is 2. The smallest absolute Gasteiger partial charge is 0.300 e. The summed E-state index contributed by atoms with van der Waals surface area (Å²) in [6, 6.07) is 10.7. The SMILES string of the molecule is COc1c(Cl)cc(Cl)cc1/C(O)=C1\C(=O)C(=O)N(c2ccc(C)c(C)c2)C1c1ccc(C)o1. The van der Waals surface area contributed by atoms with Crippen LogP contribution in [0.15, 0.2) is 52.5 Å². The third-order valence-electron chi connectivity index (χ3n) is 5.71. The summed E-state index contributed by atoms with van der Waals surface area (Å²) in [5.74, 6) is -1.04. The van der Waals surface area contributed by atoms with E-state index in [0.29, 0.717) is 17.2 Å². The predicted molar refractivity (Wildman–Crippen MR) is 127 cm³/mol. The summed E-state index contributed by atoms with van der Waals surface area (Å²) in [6.45, 7) is 5.63. The number of halogens is 2. The summed E-state index contributed by atoms with van der Waals surface area (Å²) >= 11 is 12.4. The van der Waals surface area contributed by atoms with Crippen LogP contribution in [0, 0.1) is 20.8 Å². The van der Waals surface area contributed by atoms with Crippen LogP contribution in [0.4, 0.5) is 5.69 Å². The summed E-state index contributed by atoms with van der Waals surface area (Å²) in [5, 5.41) is 11.7. The highest BCUT2D eigenvalue weighted by molar-refractivity contribution is 6.51. The van der Waals surface area contributed by atoms with Crippen molar-refractivity contribution in [3.8, 4) is 5.75 Å².